The van der Waals surface area contributed by atoms with Gasteiger partial charge >= 0.3 is 0 Å². The predicted octanol–water partition coefficient (Wildman–Crippen LogP) is -1.07. The van der Waals surface area contributed by atoms with Crippen LogP contribution in [0.1, 0.15) is 0 Å². The van der Waals surface area contributed by atoms with Gasteiger partial charge < -0.3 is 0 Å². The van der Waals surface area contributed by atoms with E-state index in [9.17, 15) is 0 Å². The first kappa shape index (κ1) is 20.3. The molecule has 4 rings (SSSR count). The molecule has 1 N–H and O–H groups in total. The van der Waals surface area contributed by atoms with Gasteiger partial charge in [-0.15, -0.1) is 0 Å². The molecule has 0 aliphatic rings. The second-order valence-corrected chi connectivity index (χ2v) is 6.14. The van der Waals surface area contributed by atoms with Crippen LogP contribution >= 0.6 is 0 Å². The summed E-state index contributed by atoms with van der Waals surface area (Å²) in [5, 5.41) is 0. The van der Waals surface area contributed by atoms with Gasteiger partial charge in [0, 0.05) is 18.6 Å². The van der Waals surface area contributed by atoms with E-state index in [1.807, 2.05) is 54.6 Å². The van der Waals surface area contributed by atoms with Crippen molar-refractivity contribution in [3.63, 3.8) is 0 Å². The number of aromatic nitrogens is 6. The van der Waals surface area contributed by atoms with E-state index in [1.54, 1.807) is 18.6 Å². The first-order chi connectivity index (χ1) is 13.9. The van der Waals surface area contributed by atoms with E-state index in [-0.39, 0.29) is 0 Å². The van der Waals surface area contributed by atoms with Crippen molar-refractivity contribution in [1.29, 1.82) is 0 Å². The van der Waals surface area contributed by atoms with Crippen LogP contribution in [0.5, 0.6) is 0 Å². The monoisotopic (exact) mass is 412 g/mol. The molecule has 0 aromatic carbocycles. The molecule has 4 aromatic heterocycles. The third-order valence-corrected chi connectivity index (χ3v) is 3.32. The number of hydrogen-bond acceptors (Lipinski definition) is 10. The Morgan fingerprint density at radius 3 is 1.03 bits per heavy atom. The maximum atomic E-state index is 8.60. The van der Waals surface area contributed by atoms with E-state index in [4.69, 9.17) is 18.6 Å². The molecule has 0 fully saturated rings. The summed E-state index contributed by atoms with van der Waals surface area (Å²) >= 11 is 0. The third kappa shape index (κ3) is 6.31. The smallest absolute Gasteiger partial charge is 0.182 e. The Hall–Kier alpha value is -3.41. The second kappa shape index (κ2) is 9.19. The normalized spacial score (nSPS) is 10.8. The van der Waals surface area contributed by atoms with Crippen molar-refractivity contribution in [2.45, 2.75) is 0 Å². The summed E-state index contributed by atoms with van der Waals surface area (Å²) in [6.45, 7) is 0. The van der Waals surface area contributed by atoms with Gasteiger partial charge in [-0.25, -0.2) is 15.0 Å². The summed E-state index contributed by atoms with van der Waals surface area (Å²) in [6.07, 6.45) is 5.13. The van der Waals surface area contributed by atoms with E-state index in [0.29, 0.717) is 34.6 Å². The Morgan fingerprint density at radius 1 is 0.552 bits per heavy atom. The molecule has 0 saturated heterocycles. The van der Waals surface area contributed by atoms with Crippen molar-refractivity contribution in [1.82, 2.24) is 29.9 Å². The van der Waals surface area contributed by atoms with E-state index in [0.717, 1.165) is 0 Å². The quantitative estimate of drug-likeness (QED) is 0.437. The Kier molecular flexibility index (Phi) is 6.44. The molecule has 0 aliphatic heterocycles. The number of halogens is 1. The zero-order chi connectivity index (χ0) is 20.7. The Labute approximate surface area is 167 Å². The van der Waals surface area contributed by atoms with E-state index in [2.05, 4.69) is 29.9 Å². The van der Waals surface area contributed by atoms with Crippen molar-refractivity contribution >= 4 is 0 Å². The highest BCUT2D eigenvalue weighted by Gasteiger charge is 2.13. The molecular weight excluding hydrogens is 400 g/mol. The van der Waals surface area contributed by atoms with Crippen molar-refractivity contribution in [2.75, 3.05) is 0 Å². The van der Waals surface area contributed by atoms with Gasteiger partial charge in [-0.05, 0) is 36.4 Å². The minimum absolute atomic E-state index is 0.493. The molecule has 0 bridgehead atoms. The maximum Gasteiger partial charge on any atom is 0.182 e. The second-order valence-electron chi connectivity index (χ2n) is 5.35. The highest BCUT2D eigenvalue weighted by molar-refractivity contribution is 5.61. The van der Waals surface area contributed by atoms with Gasteiger partial charge in [0.25, 0.3) is 0 Å². The fraction of sp³-hybridized carbons (Fsp3) is 0. The Morgan fingerprint density at radius 2 is 0.828 bits per heavy atom. The van der Waals surface area contributed by atoms with Crippen LogP contribution in [0.25, 0.3) is 34.6 Å². The molecule has 0 unspecified atom stereocenters. The summed E-state index contributed by atoms with van der Waals surface area (Å²) in [6, 6.07) is 16.8. The summed E-state index contributed by atoms with van der Waals surface area (Å²) < 4.78 is 32.7. The van der Waals surface area contributed by atoms with Crippen LogP contribution in [0.2, 0.25) is 0 Å². The third-order valence-electron chi connectivity index (χ3n) is 3.32. The highest BCUT2D eigenvalue weighted by atomic mass is 35.7. The zero-order valence-electron chi connectivity index (χ0n) is 14.7. The average molecular weight is 413 g/mol. The van der Waals surface area contributed by atoms with Gasteiger partial charge in [0.05, 0.1) is 14.9 Å². The average Bonchev–Trinajstić information content (AvgIpc) is 2.74. The molecule has 0 saturated carbocycles. The lowest BCUT2D eigenvalue weighted by Crippen LogP contribution is -2.58. The molecule has 0 radical (unpaired) electrons. The minimum atomic E-state index is -4.69. The topological polar surface area (TPSA) is 167 Å². The van der Waals surface area contributed by atoms with E-state index in [1.165, 1.54) is 0 Å². The summed E-state index contributed by atoms with van der Waals surface area (Å²) in [5.41, 5.74) is 2.03. The van der Waals surface area contributed by atoms with Crippen LogP contribution in [0, 0.1) is 10.2 Å². The summed E-state index contributed by atoms with van der Waals surface area (Å²) in [7, 11) is -4.69. The largest absolute Gasteiger partial charge is 0.253 e. The first-order valence-corrected chi connectivity index (χ1v) is 9.30. The number of nitrogens with zero attached hydrogens (tertiary/aromatic N) is 6. The molecular formula is C18H13ClN6O4. The van der Waals surface area contributed by atoms with Crippen LogP contribution < -0.4 is 14.0 Å². The van der Waals surface area contributed by atoms with Crippen LogP contribution in [0.4, 0.5) is 0 Å². The maximum absolute atomic E-state index is 8.60. The molecule has 4 aromatic rings. The Balaban J connectivity index is 0.000000431. The van der Waals surface area contributed by atoms with Crippen LogP contribution in [-0.4, -0.2) is 34.6 Å². The van der Waals surface area contributed by atoms with E-state index >= 15 is 0 Å². The number of pyridine rings is 3. The molecule has 146 valence electrons. The van der Waals surface area contributed by atoms with Crippen molar-refractivity contribution in [2.24, 2.45) is 0 Å². The molecule has 10 nitrogen and oxygen atoms in total. The SMILES string of the molecule is [O-][Cl+3]([O-])([O-])O.c1ccc(-c2nc(-c3ccccn3)nc(-c3ccccn3)n2)nc1. The van der Waals surface area contributed by atoms with Gasteiger partial charge in [-0.1, -0.05) is 18.2 Å². The number of rotatable bonds is 3. The van der Waals surface area contributed by atoms with Gasteiger partial charge in [0.15, 0.2) is 17.5 Å². The van der Waals surface area contributed by atoms with Gasteiger partial charge in [0.2, 0.25) is 0 Å². The fourth-order valence-electron chi connectivity index (χ4n) is 2.20. The van der Waals surface area contributed by atoms with E-state index < -0.39 is 10.2 Å². The molecule has 11 heteroatoms. The van der Waals surface area contributed by atoms with Crippen LogP contribution in [-0.2, 0) is 0 Å². The first-order valence-electron chi connectivity index (χ1n) is 8.04. The zero-order valence-corrected chi connectivity index (χ0v) is 15.4. The van der Waals surface area contributed by atoms with Crippen molar-refractivity contribution in [3.8, 4) is 34.6 Å². The number of hydrogen-bond donors (Lipinski definition) is 1. The fourth-order valence-corrected chi connectivity index (χ4v) is 2.20. The summed E-state index contributed by atoms with van der Waals surface area (Å²) in [5.74, 6) is 1.48. The van der Waals surface area contributed by atoms with Gasteiger partial charge in [-0.2, -0.15) is 14.0 Å². The summed E-state index contributed by atoms with van der Waals surface area (Å²) in [4.78, 5) is 26.5. The van der Waals surface area contributed by atoms with Crippen LogP contribution in [0.15, 0.2) is 73.2 Å². The van der Waals surface area contributed by atoms with Crippen molar-refractivity contribution in [3.05, 3.63) is 73.2 Å². The highest BCUT2D eigenvalue weighted by Crippen LogP contribution is 2.21. The minimum Gasteiger partial charge on any atom is -0.253 e. The molecule has 0 amide bonds. The molecule has 0 spiro atoms. The molecule has 0 atom stereocenters. The predicted molar refractivity (Wildman–Crippen MR) is 91.7 cm³/mol. The van der Waals surface area contributed by atoms with Gasteiger partial charge in [0.1, 0.15) is 17.1 Å². The lowest BCUT2D eigenvalue weighted by atomic mass is 10.3. The lowest BCUT2D eigenvalue weighted by molar-refractivity contribution is -1.92. The molecule has 4 heterocycles. The molecule has 0 aliphatic carbocycles. The van der Waals surface area contributed by atoms with Gasteiger partial charge in [-0.3, -0.25) is 15.0 Å². The Bertz CT molecular complexity index is 905. The molecule has 29 heavy (non-hydrogen) atoms. The lowest BCUT2D eigenvalue weighted by Gasteiger charge is -2.06. The van der Waals surface area contributed by atoms with Crippen molar-refractivity contribution < 1.29 is 28.9 Å². The van der Waals surface area contributed by atoms with Crippen LogP contribution in [0.3, 0.4) is 0 Å². The standard InChI is InChI=1S/C18H12N6.ClHO4/c1-4-10-19-13(7-1)16-22-17(14-8-2-5-11-20-14)24-18(23-16)15-9-3-6-12-21-15;2-1(3,4)5/h1-12H;(H,2,3,4,5).